The molecule has 0 heterocycles. The molecule has 0 aliphatic heterocycles. The van der Waals surface area contributed by atoms with Gasteiger partial charge in [0.1, 0.15) is 5.75 Å². The van der Waals surface area contributed by atoms with Crippen molar-refractivity contribution >= 4 is 0 Å². The van der Waals surface area contributed by atoms with Gasteiger partial charge in [0.25, 0.3) is 0 Å². The number of rotatable bonds is 1. The normalized spacial score (nSPS) is 12.7. The van der Waals surface area contributed by atoms with E-state index in [-0.39, 0.29) is 5.75 Å². The number of ether oxygens (including phenoxy) is 1. The standard InChI is InChI=1S/C13H17F3O/c1-8-6-9(17-5)7-10(13(14,15)16)11(8)12(2,3)4/h6-7H,1-5H3. The van der Waals surface area contributed by atoms with Crippen LogP contribution in [0.5, 0.6) is 5.75 Å². The predicted octanol–water partition coefficient (Wildman–Crippen LogP) is 4.32. The number of hydrogen-bond donors (Lipinski definition) is 0. The first kappa shape index (κ1) is 13.9. The molecule has 0 amide bonds. The van der Waals surface area contributed by atoms with E-state index in [1.807, 2.05) is 0 Å². The van der Waals surface area contributed by atoms with Crippen LogP contribution >= 0.6 is 0 Å². The lowest BCUT2D eigenvalue weighted by molar-refractivity contribution is -0.138. The fraction of sp³-hybridized carbons (Fsp3) is 0.538. The second kappa shape index (κ2) is 4.24. The summed E-state index contributed by atoms with van der Waals surface area (Å²) in [5, 5.41) is 0. The first-order valence-corrected chi connectivity index (χ1v) is 5.33. The lowest BCUT2D eigenvalue weighted by atomic mass is 9.80. The van der Waals surface area contributed by atoms with Gasteiger partial charge >= 0.3 is 6.18 Å². The third-order valence-corrected chi connectivity index (χ3v) is 2.60. The van der Waals surface area contributed by atoms with Crippen LogP contribution in [-0.4, -0.2) is 7.11 Å². The maximum Gasteiger partial charge on any atom is 0.416 e. The molecule has 1 aromatic rings. The fourth-order valence-electron chi connectivity index (χ4n) is 2.09. The molecule has 0 N–H and O–H groups in total. The van der Waals surface area contributed by atoms with Crippen molar-refractivity contribution in [3.63, 3.8) is 0 Å². The summed E-state index contributed by atoms with van der Waals surface area (Å²) in [4.78, 5) is 0. The van der Waals surface area contributed by atoms with Gasteiger partial charge < -0.3 is 4.74 Å². The van der Waals surface area contributed by atoms with Crippen molar-refractivity contribution in [1.29, 1.82) is 0 Å². The van der Waals surface area contributed by atoms with E-state index in [0.717, 1.165) is 6.07 Å². The Morgan fingerprint density at radius 2 is 1.59 bits per heavy atom. The highest BCUT2D eigenvalue weighted by atomic mass is 19.4. The molecule has 0 aromatic heterocycles. The van der Waals surface area contributed by atoms with Gasteiger partial charge in [-0.15, -0.1) is 0 Å². The van der Waals surface area contributed by atoms with Crippen molar-refractivity contribution in [2.75, 3.05) is 7.11 Å². The van der Waals surface area contributed by atoms with E-state index in [4.69, 9.17) is 4.74 Å². The minimum atomic E-state index is -4.36. The van der Waals surface area contributed by atoms with Gasteiger partial charge in [0.15, 0.2) is 0 Å². The zero-order chi connectivity index (χ0) is 13.4. The van der Waals surface area contributed by atoms with Crippen LogP contribution in [0, 0.1) is 6.92 Å². The number of halogens is 3. The second-order valence-electron chi connectivity index (χ2n) is 5.11. The summed E-state index contributed by atoms with van der Waals surface area (Å²) < 4.78 is 44.0. The molecule has 1 nitrogen and oxygen atoms in total. The molecule has 0 bridgehead atoms. The van der Waals surface area contributed by atoms with E-state index in [9.17, 15) is 13.2 Å². The van der Waals surface area contributed by atoms with Gasteiger partial charge in [0, 0.05) is 0 Å². The Hall–Kier alpha value is -1.19. The van der Waals surface area contributed by atoms with Gasteiger partial charge in [-0.1, -0.05) is 20.8 Å². The van der Waals surface area contributed by atoms with E-state index >= 15 is 0 Å². The fourth-order valence-corrected chi connectivity index (χ4v) is 2.09. The SMILES string of the molecule is COc1cc(C)c(C(C)(C)C)c(C(F)(F)F)c1. The number of alkyl halides is 3. The van der Waals surface area contributed by atoms with Crippen LogP contribution < -0.4 is 4.74 Å². The van der Waals surface area contributed by atoms with Crippen LogP contribution in [0.1, 0.15) is 37.5 Å². The van der Waals surface area contributed by atoms with E-state index < -0.39 is 17.2 Å². The minimum absolute atomic E-state index is 0.239. The number of hydrogen-bond acceptors (Lipinski definition) is 1. The van der Waals surface area contributed by atoms with Crippen LogP contribution in [0.25, 0.3) is 0 Å². The largest absolute Gasteiger partial charge is 0.497 e. The summed E-state index contributed by atoms with van der Waals surface area (Å²) in [5.41, 5.74) is -0.238. The summed E-state index contributed by atoms with van der Waals surface area (Å²) in [7, 11) is 1.37. The topological polar surface area (TPSA) is 9.23 Å². The van der Waals surface area contributed by atoms with Crippen LogP contribution in [0.15, 0.2) is 12.1 Å². The molecule has 0 atom stereocenters. The van der Waals surface area contributed by atoms with Gasteiger partial charge in [-0.3, -0.25) is 0 Å². The highest BCUT2D eigenvalue weighted by molar-refractivity contribution is 5.46. The first-order valence-electron chi connectivity index (χ1n) is 5.33. The molecular formula is C13H17F3O. The van der Waals surface area contributed by atoms with Gasteiger partial charge in [-0.2, -0.15) is 13.2 Å². The Morgan fingerprint density at radius 3 is 1.94 bits per heavy atom. The van der Waals surface area contributed by atoms with Crippen LogP contribution in [0.3, 0.4) is 0 Å². The molecule has 0 radical (unpaired) electrons. The lowest BCUT2D eigenvalue weighted by Gasteiger charge is -2.27. The third kappa shape index (κ3) is 2.93. The number of methoxy groups -OCH3 is 1. The van der Waals surface area contributed by atoms with Crippen LogP contribution in [-0.2, 0) is 11.6 Å². The van der Waals surface area contributed by atoms with Gasteiger partial charge in [0.2, 0.25) is 0 Å². The molecule has 1 rings (SSSR count). The van der Waals surface area contributed by atoms with E-state index in [2.05, 4.69) is 0 Å². The third-order valence-electron chi connectivity index (χ3n) is 2.60. The smallest absolute Gasteiger partial charge is 0.416 e. The molecule has 96 valence electrons. The molecule has 0 aliphatic rings. The second-order valence-corrected chi connectivity index (χ2v) is 5.11. The van der Waals surface area contributed by atoms with Crippen molar-refractivity contribution in [1.82, 2.24) is 0 Å². The van der Waals surface area contributed by atoms with Crippen molar-refractivity contribution in [3.8, 4) is 5.75 Å². The summed E-state index contributed by atoms with van der Waals surface area (Å²) in [6.07, 6.45) is -4.36. The van der Waals surface area contributed by atoms with Crippen molar-refractivity contribution in [2.45, 2.75) is 39.3 Å². The Balaban J connectivity index is 3.58. The van der Waals surface area contributed by atoms with E-state index in [0.29, 0.717) is 11.1 Å². The molecule has 0 unspecified atom stereocenters. The number of benzene rings is 1. The molecule has 4 heteroatoms. The van der Waals surface area contributed by atoms with Crippen LogP contribution in [0.4, 0.5) is 13.2 Å². The number of aryl methyl sites for hydroxylation is 1. The molecular weight excluding hydrogens is 229 g/mol. The average Bonchev–Trinajstić information content (AvgIpc) is 2.12. The monoisotopic (exact) mass is 246 g/mol. The van der Waals surface area contributed by atoms with Gasteiger partial charge in [-0.05, 0) is 35.6 Å². The van der Waals surface area contributed by atoms with E-state index in [1.54, 1.807) is 33.8 Å². The maximum absolute atomic E-state index is 13.0. The highest BCUT2D eigenvalue weighted by Gasteiger charge is 2.37. The summed E-state index contributed by atoms with van der Waals surface area (Å²) in [6, 6.07) is 2.70. The van der Waals surface area contributed by atoms with Gasteiger partial charge in [-0.25, -0.2) is 0 Å². The molecule has 0 spiro atoms. The lowest BCUT2D eigenvalue weighted by Crippen LogP contribution is -2.21. The zero-order valence-electron chi connectivity index (χ0n) is 10.7. The summed E-state index contributed by atoms with van der Waals surface area (Å²) in [6.45, 7) is 7.00. The highest BCUT2D eigenvalue weighted by Crippen LogP contribution is 2.41. The predicted molar refractivity (Wildman–Crippen MR) is 61.4 cm³/mol. The maximum atomic E-state index is 13.0. The first-order chi connectivity index (χ1) is 7.57. The van der Waals surface area contributed by atoms with Crippen molar-refractivity contribution < 1.29 is 17.9 Å². The molecule has 0 aliphatic carbocycles. The summed E-state index contributed by atoms with van der Waals surface area (Å²) in [5.74, 6) is 0.239. The average molecular weight is 246 g/mol. The summed E-state index contributed by atoms with van der Waals surface area (Å²) >= 11 is 0. The quantitative estimate of drug-likeness (QED) is 0.717. The molecule has 1 aromatic carbocycles. The Kier molecular flexibility index (Phi) is 3.46. The molecule has 0 saturated heterocycles. The molecule has 17 heavy (non-hydrogen) atoms. The Labute approximate surface area is 99.6 Å². The van der Waals surface area contributed by atoms with E-state index in [1.165, 1.54) is 7.11 Å². The Bertz CT molecular complexity index is 414. The molecule has 0 fully saturated rings. The Morgan fingerprint density at radius 1 is 1.06 bits per heavy atom. The van der Waals surface area contributed by atoms with Crippen molar-refractivity contribution in [2.24, 2.45) is 0 Å². The molecule has 0 saturated carbocycles. The zero-order valence-corrected chi connectivity index (χ0v) is 10.7. The van der Waals surface area contributed by atoms with Gasteiger partial charge in [0.05, 0.1) is 12.7 Å². The van der Waals surface area contributed by atoms with Crippen LogP contribution in [0.2, 0.25) is 0 Å². The minimum Gasteiger partial charge on any atom is -0.497 e. The van der Waals surface area contributed by atoms with Crippen molar-refractivity contribution in [3.05, 3.63) is 28.8 Å².